The monoisotopic (exact) mass is 279 g/mol. The first-order valence-electron chi connectivity index (χ1n) is 7.45. The van der Waals surface area contributed by atoms with Crippen molar-refractivity contribution in [3.63, 3.8) is 0 Å². The molecule has 0 amide bonds. The number of benzene rings is 2. The van der Waals surface area contributed by atoms with Crippen LogP contribution in [0.3, 0.4) is 0 Å². The number of nitrogens with zero attached hydrogens (tertiary/aromatic N) is 1. The summed E-state index contributed by atoms with van der Waals surface area (Å²) in [5, 5.41) is 7.70. The maximum atomic E-state index is 7.70. The summed E-state index contributed by atoms with van der Waals surface area (Å²) in [5.41, 5.74) is 10.6. The number of fused-ring (bicyclic) bond motifs is 1. The number of rotatable bonds is 3. The lowest BCUT2D eigenvalue weighted by molar-refractivity contribution is 0.279. The standard InChI is InChI=1S/C18H21N3/c19-18(20)17-8-4-3-7-16(17)13-21-11-9-14-5-1-2-6-15(14)10-12-21/h1-8H,9-13H2,(H3,19,20). The van der Waals surface area contributed by atoms with E-state index in [9.17, 15) is 0 Å². The van der Waals surface area contributed by atoms with Gasteiger partial charge in [0.15, 0.2) is 0 Å². The second-order valence-corrected chi connectivity index (χ2v) is 5.62. The molecule has 0 bridgehead atoms. The zero-order valence-electron chi connectivity index (χ0n) is 12.2. The molecule has 3 nitrogen and oxygen atoms in total. The Morgan fingerprint density at radius 3 is 2.14 bits per heavy atom. The van der Waals surface area contributed by atoms with Gasteiger partial charge in [-0.1, -0.05) is 48.5 Å². The van der Waals surface area contributed by atoms with Crippen LogP contribution in [-0.2, 0) is 19.4 Å². The van der Waals surface area contributed by atoms with Crippen molar-refractivity contribution in [3.05, 3.63) is 70.8 Å². The molecule has 0 fully saturated rings. The van der Waals surface area contributed by atoms with E-state index < -0.39 is 0 Å². The van der Waals surface area contributed by atoms with E-state index in [-0.39, 0.29) is 5.84 Å². The van der Waals surface area contributed by atoms with Gasteiger partial charge >= 0.3 is 0 Å². The Balaban J connectivity index is 1.74. The highest BCUT2D eigenvalue weighted by atomic mass is 15.1. The molecule has 3 heteroatoms. The fourth-order valence-corrected chi connectivity index (χ4v) is 3.03. The van der Waals surface area contributed by atoms with Crippen molar-refractivity contribution in [2.24, 2.45) is 5.73 Å². The van der Waals surface area contributed by atoms with Crippen molar-refractivity contribution in [2.75, 3.05) is 13.1 Å². The highest BCUT2D eigenvalue weighted by Gasteiger charge is 2.15. The van der Waals surface area contributed by atoms with Gasteiger partial charge in [-0.05, 0) is 29.5 Å². The maximum Gasteiger partial charge on any atom is 0.123 e. The van der Waals surface area contributed by atoms with Crippen LogP contribution in [0.15, 0.2) is 48.5 Å². The minimum atomic E-state index is 0.156. The van der Waals surface area contributed by atoms with Crippen LogP contribution in [0.25, 0.3) is 0 Å². The van der Waals surface area contributed by atoms with Crippen LogP contribution in [0.1, 0.15) is 22.3 Å². The van der Waals surface area contributed by atoms with E-state index in [0.29, 0.717) is 0 Å². The molecule has 0 spiro atoms. The molecule has 2 aromatic carbocycles. The average Bonchev–Trinajstić information content (AvgIpc) is 2.71. The normalized spacial score (nSPS) is 15.2. The van der Waals surface area contributed by atoms with Crippen molar-refractivity contribution in [1.29, 1.82) is 5.41 Å². The quantitative estimate of drug-likeness (QED) is 0.670. The van der Waals surface area contributed by atoms with Gasteiger partial charge < -0.3 is 5.73 Å². The van der Waals surface area contributed by atoms with E-state index in [0.717, 1.165) is 43.6 Å². The third-order valence-corrected chi connectivity index (χ3v) is 4.21. The predicted octanol–water partition coefficient (Wildman–Crippen LogP) is 2.57. The SMILES string of the molecule is N=C(N)c1ccccc1CN1CCc2ccccc2CC1. The van der Waals surface area contributed by atoms with Crippen molar-refractivity contribution < 1.29 is 0 Å². The van der Waals surface area contributed by atoms with E-state index >= 15 is 0 Å². The molecule has 21 heavy (non-hydrogen) atoms. The summed E-state index contributed by atoms with van der Waals surface area (Å²) < 4.78 is 0. The summed E-state index contributed by atoms with van der Waals surface area (Å²) in [6.45, 7) is 2.98. The lowest BCUT2D eigenvalue weighted by Crippen LogP contribution is -2.27. The number of nitrogen functional groups attached to an aromatic ring is 1. The van der Waals surface area contributed by atoms with Gasteiger partial charge in [0.1, 0.15) is 5.84 Å². The Bertz CT molecular complexity index is 621. The summed E-state index contributed by atoms with van der Waals surface area (Å²) in [4.78, 5) is 2.46. The van der Waals surface area contributed by atoms with Gasteiger partial charge in [-0.25, -0.2) is 0 Å². The van der Waals surface area contributed by atoms with E-state index in [1.807, 2.05) is 18.2 Å². The highest BCUT2D eigenvalue weighted by Crippen LogP contribution is 2.18. The largest absolute Gasteiger partial charge is 0.384 e. The molecule has 108 valence electrons. The van der Waals surface area contributed by atoms with Gasteiger partial charge in [0, 0.05) is 25.2 Å². The number of hydrogen-bond acceptors (Lipinski definition) is 2. The number of amidine groups is 1. The van der Waals surface area contributed by atoms with Gasteiger partial charge in [-0.2, -0.15) is 0 Å². The summed E-state index contributed by atoms with van der Waals surface area (Å²) in [5.74, 6) is 0.156. The van der Waals surface area contributed by atoms with Crippen LogP contribution >= 0.6 is 0 Å². The average molecular weight is 279 g/mol. The van der Waals surface area contributed by atoms with Crippen LogP contribution < -0.4 is 5.73 Å². The molecule has 3 rings (SSSR count). The lowest BCUT2D eigenvalue weighted by atomic mass is 10.0. The van der Waals surface area contributed by atoms with Crippen LogP contribution in [-0.4, -0.2) is 23.8 Å². The highest BCUT2D eigenvalue weighted by molar-refractivity contribution is 5.96. The van der Waals surface area contributed by atoms with Gasteiger partial charge in [0.25, 0.3) is 0 Å². The lowest BCUT2D eigenvalue weighted by Gasteiger charge is -2.21. The number of hydrogen-bond donors (Lipinski definition) is 2. The first-order valence-corrected chi connectivity index (χ1v) is 7.45. The second kappa shape index (κ2) is 6.10. The first kappa shape index (κ1) is 13.8. The Labute approximate surface area is 125 Å². The van der Waals surface area contributed by atoms with Crippen molar-refractivity contribution in [3.8, 4) is 0 Å². The molecule has 0 saturated carbocycles. The molecule has 3 N–H and O–H groups in total. The van der Waals surface area contributed by atoms with E-state index in [2.05, 4.69) is 35.2 Å². The molecule has 2 aromatic rings. The minimum Gasteiger partial charge on any atom is -0.384 e. The Kier molecular flexibility index (Phi) is 4.02. The number of nitrogens with two attached hydrogens (primary N) is 1. The Hall–Kier alpha value is -2.13. The molecule has 1 aliphatic rings. The molecule has 0 saturated heterocycles. The fraction of sp³-hybridized carbons (Fsp3) is 0.278. The number of nitrogens with one attached hydrogen (secondary N) is 1. The summed E-state index contributed by atoms with van der Waals surface area (Å²) in [6, 6.07) is 16.7. The fourth-order valence-electron chi connectivity index (χ4n) is 3.03. The Morgan fingerprint density at radius 1 is 0.952 bits per heavy atom. The molecule has 1 aliphatic heterocycles. The van der Waals surface area contributed by atoms with E-state index in [1.165, 1.54) is 11.1 Å². The molecular formula is C18H21N3. The van der Waals surface area contributed by atoms with Crippen molar-refractivity contribution >= 4 is 5.84 Å². The van der Waals surface area contributed by atoms with Crippen LogP contribution in [0.2, 0.25) is 0 Å². The van der Waals surface area contributed by atoms with Gasteiger partial charge in [-0.3, -0.25) is 10.3 Å². The first-order chi connectivity index (χ1) is 10.2. The van der Waals surface area contributed by atoms with Crippen LogP contribution in [0.4, 0.5) is 0 Å². The smallest absolute Gasteiger partial charge is 0.123 e. The summed E-state index contributed by atoms with van der Waals surface area (Å²) in [7, 11) is 0. The van der Waals surface area contributed by atoms with Gasteiger partial charge in [0.05, 0.1) is 0 Å². The maximum absolute atomic E-state index is 7.70. The van der Waals surface area contributed by atoms with Gasteiger partial charge in [-0.15, -0.1) is 0 Å². The Morgan fingerprint density at radius 2 is 1.52 bits per heavy atom. The molecule has 0 atom stereocenters. The predicted molar refractivity (Wildman–Crippen MR) is 86.6 cm³/mol. The molecular weight excluding hydrogens is 258 g/mol. The summed E-state index contributed by atoms with van der Waals surface area (Å²) >= 11 is 0. The molecule has 0 radical (unpaired) electrons. The topological polar surface area (TPSA) is 53.1 Å². The van der Waals surface area contributed by atoms with Crippen molar-refractivity contribution in [2.45, 2.75) is 19.4 Å². The molecule has 0 unspecified atom stereocenters. The zero-order chi connectivity index (χ0) is 14.7. The van der Waals surface area contributed by atoms with E-state index in [4.69, 9.17) is 11.1 Å². The molecule has 1 heterocycles. The van der Waals surface area contributed by atoms with E-state index in [1.54, 1.807) is 0 Å². The molecule has 0 aromatic heterocycles. The van der Waals surface area contributed by atoms with Gasteiger partial charge in [0.2, 0.25) is 0 Å². The van der Waals surface area contributed by atoms with Crippen LogP contribution in [0.5, 0.6) is 0 Å². The third kappa shape index (κ3) is 3.14. The summed E-state index contributed by atoms with van der Waals surface area (Å²) in [6.07, 6.45) is 2.19. The zero-order valence-corrected chi connectivity index (χ0v) is 12.2. The third-order valence-electron chi connectivity index (χ3n) is 4.21. The van der Waals surface area contributed by atoms with Crippen LogP contribution in [0, 0.1) is 5.41 Å². The minimum absolute atomic E-state index is 0.156. The second-order valence-electron chi connectivity index (χ2n) is 5.62. The molecule has 0 aliphatic carbocycles. The van der Waals surface area contributed by atoms with Crippen molar-refractivity contribution in [1.82, 2.24) is 4.90 Å².